The molecule has 0 saturated carbocycles. The summed E-state index contributed by atoms with van der Waals surface area (Å²) in [6.07, 6.45) is 10.4. The van der Waals surface area contributed by atoms with Gasteiger partial charge in [-0.15, -0.1) is 11.8 Å². The molecule has 0 N–H and O–H groups in total. The molecule has 0 aromatic carbocycles. The number of thioether (sulfide) groups is 1. The highest BCUT2D eigenvalue weighted by atomic mass is 32.2. The fourth-order valence-electron chi connectivity index (χ4n) is 1.32. The summed E-state index contributed by atoms with van der Waals surface area (Å²) in [6.45, 7) is 0. The molecule has 1 aliphatic carbocycles. The minimum atomic E-state index is 1.15. The second-order valence-electron chi connectivity index (χ2n) is 2.58. The molecule has 1 heterocycles. The minimum absolute atomic E-state index is 1.15. The zero-order valence-corrected chi connectivity index (χ0v) is 6.66. The molecule has 10 heavy (non-hydrogen) atoms. The zero-order chi connectivity index (χ0) is 6.81. The summed E-state index contributed by atoms with van der Waals surface area (Å²) in [4.78, 5) is 1.59. The van der Waals surface area contributed by atoms with Crippen molar-refractivity contribution in [3.05, 3.63) is 34.1 Å². The fraction of sp³-hybridized carbons (Fsp3) is 0.333. The molecular formula is C9H10S. The van der Waals surface area contributed by atoms with Crippen LogP contribution in [0.2, 0.25) is 0 Å². The third-order valence-corrected chi connectivity index (χ3v) is 2.94. The molecule has 0 spiro atoms. The Morgan fingerprint density at radius 2 is 2.30 bits per heavy atom. The first-order chi connectivity index (χ1) is 4.97. The molecule has 0 bridgehead atoms. The monoisotopic (exact) mass is 150 g/mol. The molecule has 2 rings (SSSR count). The number of hydrogen-bond acceptors (Lipinski definition) is 1. The molecule has 0 aromatic heterocycles. The molecule has 0 saturated heterocycles. The third-order valence-electron chi connectivity index (χ3n) is 1.86. The summed E-state index contributed by atoms with van der Waals surface area (Å²) < 4.78 is 0. The van der Waals surface area contributed by atoms with Gasteiger partial charge in [0.2, 0.25) is 0 Å². The maximum atomic E-state index is 2.28. The van der Waals surface area contributed by atoms with Gasteiger partial charge in [0.1, 0.15) is 0 Å². The van der Waals surface area contributed by atoms with Gasteiger partial charge in [-0.05, 0) is 35.1 Å². The van der Waals surface area contributed by atoms with E-state index in [1.54, 1.807) is 10.5 Å². The topological polar surface area (TPSA) is 0 Å². The highest BCUT2D eigenvalue weighted by Crippen LogP contribution is 2.34. The lowest BCUT2D eigenvalue weighted by molar-refractivity contribution is 0.983. The van der Waals surface area contributed by atoms with E-state index in [1.165, 1.54) is 12.8 Å². The van der Waals surface area contributed by atoms with E-state index < -0.39 is 0 Å². The van der Waals surface area contributed by atoms with Gasteiger partial charge in [0.25, 0.3) is 0 Å². The van der Waals surface area contributed by atoms with Crippen molar-refractivity contribution in [3.8, 4) is 0 Å². The van der Waals surface area contributed by atoms with Crippen LogP contribution in [0.5, 0.6) is 0 Å². The molecule has 52 valence electrons. The summed E-state index contributed by atoms with van der Waals surface area (Å²) in [5.41, 5.74) is 1.54. The molecule has 0 fully saturated rings. The van der Waals surface area contributed by atoms with Crippen molar-refractivity contribution in [2.24, 2.45) is 0 Å². The van der Waals surface area contributed by atoms with Crippen molar-refractivity contribution < 1.29 is 0 Å². The second-order valence-corrected chi connectivity index (χ2v) is 3.58. The molecule has 0 atom stereocenters. The van der Waals surface area contributed by atoms with Gasteiger partial charge in [-0.2, -0.15) is 0 Å². The Labute approximate surface area is 65.7 Å². The van der Waals surface area contributed by atoms with Gasteiger partial charge in [-0.3, -0.25) is 0 Å². The first-order valence-electron chi connectivity index (χ1n) is 3.67. The first kappa shape index (κ1) is 6.29. The van der Waals surface area contributed by atoms with Crippen molar-refractivity contribution in [3.63, 3.8) is 0 Å². The van der Waals surface area contributed by atoms with E-state index in [-0.39, 0.29) is 0 Å². The van der Waals surface area contributed by atoms with E-state index in [0.717, 1.165) is 6.42 Å². The zero-order valence-electron chi connectivity index (χ0n) is 5.84. The van der Waals surface area contributed by atoms with Gasteiger partial charge in [0.15, 0.2) is 0 Å². The van der Waals surface area contributed by atoms with E-state index in [0.29, 0.717) is 0 Å². The second kappa shape index (κ2) is 2.67. The molecule has 1 heteroatoms. The van der Waals surface area contributed by atoms with Gasteiger partial charge in [-0.1, -0.05) is 18.2 Å². The van der Waals surface area contributed by atoms with Crippen LogP contribution in [-0.4, -0.2) is 0 Å². The van der Waals surface area contributed by atoms with Gasteiger partial charge in [0, 0.05) is 0 Å². The van der Waals surface area contributed by atoms with Crippen LogP contribution < -0.4 is 0 Å². The quantitative estimate of drug-likeness (QED) is 0.511. The molecule has 2 aliphatic rings. The smallest absolute Gasteiger partial charge is 0.00704 e. The van der Waals surface area contributed by atoms with E-state index in [4.69, 9.17) is 0 Å². The predicted molar refractivity (Wildman–Crippen MR) is 46.7 cm³/mol. The van der Waals surface area contributed by atoms with Crippen LogP contribution in [0.15, 0.2) is 34.1 Å². The van der Waals surface area contributed by atoms with E-state index in [2.05, 4.69) is 23.6 Å². The summed E-state index contributed by atoms with van der Waals surface area (Å²) in [5, 5.41) is 2.21. The normalized spacial score (nSPS) is 23.2. The van der Waals surface area contributed by atoms with Crippen LogP contribution in [0.4, 0.5) is 0 Å². The van der Waals surface area contributed by atoms with Crippen molar-refractivity contribution in [1.29, 1.82) is 0 Å². The van der Waals surface area contributed by atoms with Crippen LogP contribution in [0, 0.1) is 0 Å². The molecule has 0 radical (unpaired) electrons. The van der Waals surface area contributed by atoms with E-state index in [9.17, 15) is 0 Å². The number of hydrogen-bond donors (Lipinski definition) is 0. The number of rotatable bonds is 0. The number of allylic oxidation sites excluding steroid dienone is 5. The van der Waals surface area contributed by atoms with Crippen molar-refractivity contribution in [2.45, 2.75) is 19.3 Å². The molecule has 1 aliphatic heterocycles. The minimum Gasteiger partial charge on any atom is -0.103 e. The third kappa shape index (κ3) is 1.06. The molecule has 0 amide bonds. The summed E-state index contributed by atoms with van der Waals surface area (Å²) in [7, 11) is 0. The molecule has 0 unspecified atom stereocenters. The van der Waals surface area contributed by atoms with Crippen LogP contribution in [-0.2, 0) is 0 Å². The highest BCUT2D eigenvalue weighted by molar-refractivity contribution is 8.05. The van der Waals surface area contributed by atoms with Crippen LogP contribution >= 0.6 is 11.8 Å². The molecule has 0 nitrogen and oxygen atoms in total. The largest absolute Gasteiger partial charge is 0.103 e. The van der Waals surface area contributed by atoms with E-state index >= 15 is 0 Å². The van der Waals surface area contributed by atoms with Crippen molar-refractivity contribution in [2.75, 3.05) is 0 Å². The Morgan fingerprint density at radius 1 is 1.30 bits per heavy atom. The van der Waals surface area contributed by atoms with Crippen molar-refractivity contribution >= 4 is 11.8 Å². The first-order valence-corrected chi connectivity index (χ1v) is 4.55. The molecule has 0 aromatic rings. The summed E-state index contributed by atoms with van der Waals surface area (Å²) in [6, 6.07) is 0. The Kier molecular flexibility index (Phi) is 1.68. The van der Waals surface area contributed by atoms with Gasteiger partial charge in [-0.25, -0.2) is 0 Å². The highest BCUT2D eigenvalue weighted by Gasteiger charge is 2.08. The Balaban J connectivity index is 2.25. The lowest BCUT2D eigenvalue weighted by Crippen LogP contribution is -1.92. The lowest BCUT2D eigenvalue weighted by Gasteiger charge is -2.15. The standard InChI is InChI=1S/C9H10S/c1-2-6-9-8(4-1)5-3-7-10-9/h1,3-4,7H,2,5-6H2. The Morgan fingerprint density at radius 3 is 3.20 bits per heavy atom. The lowest BCUT2D eigenvalue weighted by atomic mass is 10.0. The molecular weight excluding hydrogens is 140 g/mol. The van der Waals surface area contributed by atoms with E-state index in [1.807, 2.05) is 11.8 Å². The summed E-state index contributed by atoms with van der Waals surface area (Å²) >= 11 is 1.89. The predicted octanol–water partition coefficient (Wildman–Crippen LogP) is 3.24. The average molecular weight is 150 g/mol. The Bertz CT molecular complexity index is 221. The van der Waals surface area contributed by atoms with Crippen molar-refractivity contribution in [1.82, 2.24) is 0 Å². The fourth-order valence-corrected chi connectivity index (χ4v) is 2.21. The van der Waals surface area contributed by atoms with Crippen LogP contribution in [0.25, 0.3) is 0 Å². The average Bonchev–Trinajstić information content (AvgIpc) is 2.05. The SMILES string of the molecule is C1=CC2=C(CC1)SC=CC2. The maximum Gasteiger partial charge on any atom is -0.00704 e. The van der Waals surface area contributed by atoms with Gasteiger partial charge < -0.3 is 0 Å². The Hall–Kier alpha value is -0.430. The van der Waals surface area contributed by atoms with Gasteiger partial charge in [0.05, 0.1) is 0 Å². The van der Waals surface area contributed by atoms with Crippen LogP contribution in [0.1, 0.15) is 19.3 Å². The summed E-state index contributed by atoms with van der Waals surface area (Å²) in [5.74, 6) is 0. The van der Waals surface area contributed by atoms with Crippen LogP contribution in [0.3, 0.4) is 0 Å². The van der Waals surface area contributed by atoms with Gasteiger partial charge >= 0.3 is 0 Å². The maximum absolute atomic E-state index is 2.28.